The number of ether oxygens (including phenoxy) is 6. The molecule has 0 aliphatic carbocycles. The second-order valence-corrected chi connectivity index (χ2v) is 7.19. The van der Waals surface area contributed by atoms with Crippen LogP contribution in [0.3, 0.4) is 0 Å². The van der Waals surface area contributed by atoms with Gasteiger partial charge in [0.05, 0.1) is 45.0 Å². The molecule has 1 aromatic rings. The standard InChI is InChI=1S/C23H28N2O7/c1-4-28-23(26)20-14(2)32-22(25)16(13-24)21(20)15-6-7-17(27-3)18(12-15)29-11-8-19-30-9-5-10-31-19/h6-7,12,19,21H,4-5,8-11,25H2,1-3H3. The van der Waals surface area contributed by atoms with Crippen molar-refractivity contribution in [2.45, 2.75) is 38.9 Å². The molecule has 32 heavy (non-hydrogen) atoms. The third-order valence-corrected chi connectivity index (χ3v) is 5.13. The molecule has 0 radical (unpaired) electrons. The third-order valence-electron chi connectivity index (χ3n) is 5.13. The number of carbonyl (C=O) groups is 1. The molecule has 1 aromatic carbocycles. The molecule has 3 rings (SSSR count). The Labute approximate surface area is 187 Å². The van der Waals surface area contributed by atoms with Crippen molar-refractivity contribution in [1.82, 2.24) is 0 Å². The van der Waals surface area contributed by atoms with Crippen molar-refractivity contribution in [2.75, 3.05) is 33.5 Å². The predicted octanol–water partition coefficient (Wildman–Crippen LogP) is 2.87. The van der Waals surface area contributed by atoms with Crippen molar-refractivity contribution in [2.24, 2.45) is 5.73 Å². The van der Waals surface area contributed by atoms with E-state index in [0.717, 1.165) is 6.42 Å². The number of esters is 1. The lowest BCUT2D eigenvalue weighted by atomic mass is 9.83. The van der Waals surface area contributed by atoms with Gasteiger partial charge < -0.3 is 34.2 Å². The third kappa shape index (κ3) is 5.15. The van der Waals surface area contributed by atoms with E-state index in [2.05, 4.69) is 6.07 Å². The fourth-order valence-corrected chi connectivity index (χ4v) is 3.64. The number of nitrogens with zero attached hydrogens (tertiary/aromatic N) is 1. The van der Waals surface area contributed by atoms with Crippen molar-refractivity contribution in [1.29, 1.82) is 5.26 Å². The van der Waals surface area contributed by atoms with Gasteiger partial charge in [0, 0.05) is 6.42 Å². The highest BCUT2D eigenvalue weighted by Gasteiger charge is 2.36. The number of nitriles is 1. The van der Waals surface area contributed by atoms with E-state index in [-0.39, 0.29) is 35.7 Å². The molecule has 1 atom stereocenters. The van der Waals surface area contributed by atoms with Gasteiger partial charge in [0.1, 0.15) is 17.4 Å². The zero-order chi connectivity index (χ0) is 23.1. The number of allylic oxidation sites excluding steroid dienone is 2. The quantitative estimate of drug-likeness (QED) is 0.603. The summed E-state index contributed by atoms with van der Waals surface area (Å²) in [5.41, 5.74) is 6.93. The Morgan fingerprint density at radius 3 is 2.69 bits per heavy atom. The zero-order valence-electron chi connectivity index (χ0n) is 18.5. The molecule has 0 amide bonds. The van der Waals surface area contributed by atoms with Crippen LogP contribution in [0.25, 0.3) is 0 Å². The van der Waals surface area contributed by atoms with Crippen LogP contribution in [0.15, 0.2) is 41.0 Å². The number of rotatable bonds is 8. The average Bonchev–Trinajstić information content (AvgIpc) is 2.79. The van der Waals surface area contributed by atoms with Gasteiger partial charge >= 0.3 is 5.97 Å². The molecule has 2 aliphatic heterocycles. The lowest BCUT2D eigenvalue weighted by molar-refractivity contribution is -0.183. The Morgan fingerprint density at radius 2 is 2.03 bits per heavy atom. The molecule has 0 saturated carbocycles. The number of hydrogen-bond acceptors (Lipinski definition) is 9. The summed E-state index contributed by atoms with van der Waals surface area (Å²) in [7, 11) is 1.54. The molecule has 2 N–H and O–H groups in total. The van der Waals surface area contributed by atoms with Gasteiger partial charge in [0.2, 0.25) is 5.88 Å². The van der Waals surface area contributed by atoms with E-state index < -0.39 is 11.9 Å². The molecule has 0 spiro atoms. The van der Waals surface area contributed by atoms with Crippen LogP contribution < -0.4 is 15.2 Å². The maximum Gasteiger partial charge on any atom is 0.338 e. The SMILES string of the molecule is CCOC(=O)C1=C(C)OC(N)=C(C#N)C1c1ccc(OC)c(OCCC2OCCCO2)c1. The molecule has 1 fully saturated rings. The summed E-state index contributed by atoms with van der Waals surface area (Å²) < 4.78 is 33.1. The lowest BCUT2D eigenvalue weighted by Gasteiger charge is -2.27. The Hall–Kier alpha value is -3.22. The Bertz CT molecular complexity index is 942. The van der Waals surface area contributed by atoms with Crippen molar-refractivity contribution in [3.8, 4) is 17.6 Å². The van der Waals surface area contributed by atoms with Crippen LogP contribution in [-0.4, -0.2) is 45.8 Å². The van der Waals surface area contributed by atoms with Gasteiger partial charge in [-0.25, -0.2) is 4.79 Å². The van der Waals surface area contributed by atoms with E-state index in [0.29, 0.717) is 43.3 Å². The highest BCUT2D eigenvalue weighted by Crippen LogP contribution is 2.42. The van der Waals surface area contributed by atoms with Crippen molar-refractivity contribution in [3.05, 3.63) is 46.6 Å². The molecule has 172 valence electrons. The largest absolute Gasteiger partial charge is 0.493 e. The van der Waals surface area contributed by atoms with E-state index >= 15 is 0 Å². The molecule has 1 saturated heterocycles. The summed E-state index contributed by atoms with van der Waals surface area (Å²) in [6.45, 7) is 5.18. The van der Waals surface area contributed by atoms with Gasteiger partial charge in [-0.1, -0.05) is 6.07 Å². The Kier molecular flexibility index (Phi) is 7.98. The average molecular weight is 444 g/mol. The normalized spacial score (nSPS) is 19.2. The first-order valence-corrected chi connectivity index (χ1v) is 10.5. The topological polar surface area (TPSA) is 122 Å². The Balaban J connectivity index is 1.91. The first-order chi connectivity index (χ1) is 15.5. The van der Waals surface area contributed by atoms with E-state index in [1.807, 2.05) is 0 Å². The van der Waals surface area contributed by atoms with Gasteiger partial charge in [0.25, 0.3) is 0 Å². The van der Waals surface area contributed by atoms with Gasteiger partial charge in [0.15, 0.2) is 17.8 Å². The number of carbonyl (C=O) groups excluding carboxylic acids is 1. The predicted molar refractivity (Wildman–Crippen MR) is 113 cm³/mol. The molecular formula is C23H28N2O7. The summed E-state index contributed by atoms with van der Waals surface area (Å²) in [6, 6.07) is 7.27. The van der Waals surface area contributed by atoms with Gasteiger partial charge in [-0.3, -0.25) is 0 Å². The first kappa shape index (κ1) is 23.4. The fourth-order valence-electron chi connectivity index (χ4n) is 3.64. The van der Waals surface area contributed by atoms with Gasteiger partial charge in [-0.15, -0.1) is 0 Å². The van der Waals surface area contributed by atoms with Crippen LogP contribution >= 0.6 is 0 Å². The second kappa shape index (κ2) is 10.9. The van der Waals surface area contributed by atoms with Crippen LogP contribution in [0.4, 0.5) is 0 Å². The molecule has 0 aromatic heterocycles. The summed E-state index contributed by atoms with van der Waals surface area (Å²) in [5.74, 6) is -0.113. The van der Waals surface area contributed by atoms with Crippen molar-refractivity contribution < 1.29 is 33.2 Å². The molecule has 9 nitrogen and oxygen atoms in total. The molecule has 2 heterocycles. The minimum Gasteiger partial charge on any atom is -0.493 e. The van der Waals surface area contributed by atoms with Crippen LogP contribution in [-0.2, 0) is 23.7 Å². The summed E-state index contributed by atoms with van der Waals surface area (Å²) in [5, 5.41) is 9.74. The minimum atomic E-state index is -0.758. The monoisotopic (exact) mass is 444 g/mol. The van der Waals surface area contributed by atoms with E-state index in [1.54, 1.807) is 32.0 Å². The molecular weight excluding hydrogens is 416 g/mol. The second-order valence-electron chi connectivity index (χ2n) is 7.19. The first-order valence-electron chi connectivity index (χ1n) is 10.5. The van der Waals surface area contributed by atoms with Crippen LogP contribution in [0.5, 0.6) is 11.5 Å². The van der Waals surface area contributed by atoms with Gasteiger partial charge in [-0.2, -0.15) is 5.26 Å². The van der Waals surface area contributed by atoms with E-state index in [1.165, 1.54) is 7.11 Å². The van der Waals surface area contributed by atoms with Crippen molar-refractivity contribution >= 4 is 5.97 Å². The van der Waals surface area contributed by atoms with E-state index in [4.69, 9.17) is 34.2 Å². The minimum absolute atomic E-state index is 0.0482. The lowest BCUT2D eigenvalue weighted by Crippen LogP contribution is -2.26. The van der Waals surface area contributed by atoms with Gasteiger partial charge in [-0.05, 0) is 38.0 Å². The highest BCUT2D eigenvalue weighted by atomic mass is 16.7. The van der Waals surface area contributed by atoms with Crippen molar-refractivity contribution in [3.63, 3.8) is 0 Å². The maximum atomic E-state index is 12.7. The van der Waals surface area contributed by atoms with Crippen LogP contribution in [0, 0.1) is 11.3 Å². The smallest absolute Gasteiger partial charge is 0.338 e. The summed E-state index contributed by atoms with van der Waals surface area (Å²) in [6.07, 6.45) is 1.13. The Morgan fingerprint density at radius 1 is 1.28 bits per heavy atom. The molecule has 1 unspecified atom stereocenters. The maximum absolute atomic E-state index is 12.7. The molecule has 0 bridgehead atoms. The summed E-state index contributed by atoms with van der Waals surface area (Å²) in [4.78, 5) is 12.7. The number of methoxy groups -OCH3 is 1. The fraction of sp³-hybridized carbons (Fsp3) is 0.478. The number of benzene rings is 1. The molecule has 9 heteroatoms. The van der Waals surface area contributed by atoms with E-state index in [9.17, 15) is 10.1 Å². The zero-order valence-corrected chi connectivity index (χ0v) is 18.5. The summed E-state index contributed by atoms with van der Waals surface area (Å²) >= 11 is 0. The molecule has 2 aliphatic rings. The number of hydrogen-bond donors (Lipinski definition) is 1. The number of nitrogens with two attached hydrogens (primary N) is 1. The highest BCUT2D eigenvalue weighted by molar-refractivity contribution is 5.92. The van der Waals surface area contributed by atoms with Crippen LogP contribution in [0.1, 0.15) is 38.2 Å². The van der Waals surface area contributed by atoms with Crippen LogP contribution in [0.2, 0.25) is 0 Å².